The molecule has 1 rings (SSSR count). The molecule has 1 aliphatic rings. The number of hydrogen-bond acceptors (Lipinski definition) is 14. The lowest BCUT2D eigenvalue weighted by Crippen LogP contribution is -2.68. The van der Waals surface area contributed by atoms with E-state index in [1.54, 1.807) is 0 Å². The van der Waals surface area contributed by atoms with Crippen LogP contribution in [0.1, 0.15) is 34.1 Å². The zero-order valence-corrected chi connectivity index (χ0v) is 20.8. The van der Waals surface area contributed by atoms with E-state index in [4.69, 9.17) is 28.4 Å². The van der Waals surface area contributed by atoms with Crippen LogP contribution in [-0.2, 0) is 61.9 Å². The molecule has 1 amide bonds. The van der Waals surface area contributed by atoms with E-state index in [0.717, 1.165) is 34.8 Å². The van der Waals surface area contributed by atoms with E-state index in [0.29, 0.717) is 0 Å². The highest BCUT2D eigenvalue weighted by Gasteiger charge is 2.58. The average molecular weight is 521 g/mol. The molecule has 0 aromatic rings. The average Bonchev–Trinajstić information content (AvgIpc) is 2.75. The van der Waals surface area contributed by atoms with Crippen molar-refractivity contribution < 1.29 is 67.0 Å². The molecule has 0 saturated carbocycles. The topological polar surface area (TPSA) is 199 Å². The summed E-state index contributed by atoms with van der Waals surface area (Å²) in [6, 6.07) is -1.32. The molecular formula is C21H31NO14. The fourth-order valence-corrected chi connectivity index (χ4v) is 3.54. The summed E-state index contributed by atoms with van der Waals surface area (Å²) >= 11 is 0. The van der Waals surface area contributed by atoms with Crippen LogP contribution in [0.5, 0.6) is 0 Å². The van der Waals surface area contributed by atoms with Gasteiger partial charge in [-0.25, -0.2) is 4.79 Å². The number of methoxy groups -OCH3 is 2. The van der Waals surface area contributed by atoms with Crippen LogP contribution in [0.25, 0.3) is 0 Å². The van der Waals surface area contributed by atoms with E-state index in [2.05, 4.69) is 10.1 Å². The van der Waals surface area contributed by atoms with Crippen molar-refractivity contribution in [1.82, 2.24) is 5.32 Å². The van der Waals surface area contributed by atoms with Crippen LogP contribution in [-0.4, -0.2) is 105 Å². The molecule has 15 heteroatoms. The van der Waals surface area contributed by atoms with Crippen LogP contribution in [0, 0.1) is 0 Å². The van der Waals surface area contributed by atoms with Crippen molar-refractivity contribution in [3.8, 4) is 0 Å². The van der Waals surface area contributed by atoms with Crippen LogP contribution < -0.4 is 5.32 Å². The molecule has 204 valence electrons. The first kappa shape index (κ1) is 30.7. The number of nitrogens with one attached hydrogen (secondary N) is 1. The maximum atomic E-state index is 12.4. The van der Waals surface area contributed by atoms with Crippen molar-refractivity contribution in [2.45, 2.75) is 70.4 Å². The van der Waals surface area contributed by atoms with E-state index in [1.165, 1.54) is 7.11 Å². The lowest BCUT2D eigenvalue weighted by Gasteiger charge is -2.46. The van der Waals surface area contributed by atoms with Crippen molar-refractivity contribution in [2.24, 2.45) is 0 Å². The number of carbonyl (C=O) groups is 6. The van der Waals surface area contributed by atoms with Crippen molar-refractivity contribution >= 4 is 35.8 Å². The van der Waals surface area contributed by atoms with Gasteiger partial charge in [-0.1, -0.05) is 0 Å². The first-order chi connectivity index (χ1) is 16.7. The van der Waals surface area contributed by atoms with Gasteiger partial charge in [-0.3, -0.25) is 24.0 Å². The number of rotatable bonds is 11. The van der Waals surface area contributed by atoms with E-state index in [-0.39, 0.29) is 0 Å². The number of hydrogen-bond donors (Lipinski definition) is 2. The maximum absolute atomic E-state index is 12.4. The molecule has 6 atom stereocenters. The zero-order valence-electron chi connectivity index (χ0n) is 20.8. The summed E-state index contributed by atoms with van der Waals surface area (Å²) in [6.07, 6.45) is -7.17. The Hall–Kier alpha value is -3.30. The van der Waals surface area contributed by atoms with Gasteiger partial charge in [0.05, 0.1) is 13.2 Å². The normalized spacial score (nSPS) is 24.9. The number of amides is 1. The number of aliphatic hydroxyl groups is 1. The molecule has 0 aromatic heterocycles. The second-order valence-electron chi connectivity index (χ2n) is 7.77. The van der Waals surface area contributed by atoms with Gasteiger partial charge >= 0.3 is 29.8 Å². The van der Waals surface area contributed by atoms with Crippen molar-refractivity contribution in [1.29, 1.82) is 0 Å². The highest BCUT2D eigenvalue weighted by Crippen LogP contribution is 2.34. The molecular weight excluding hydrogens is 490 g/mol. The van der Waals surface area contributed by atoms with Gasteiger partial charge in [-0.15, -0.1) is 0 Å². The Balaban J connectivity index is 3.66. The predicted molar refractivity (Wildman–Crippen MR) is 114 cm³/mol. The van der Waals surface area contributed by atoms with Gasteiger partial charge in [0.1, 0.15) is 19.3 Å². The molecule has 0 spiro atoms. The van der Waals surface area contributed by atoms with Gasteiger partial charge in [-0.05, 0) is 0 Å². The minimum atomic E-state index is -2.73. The molecule has 2 N–H and O–H groups in total. The van der Waals surface area contributed by atoms with E-state index >= 15 is 0 Å². The first-order valence-corrected chi connectivity index (χ1v) is 10.7. The summed E-state index contributed by atoms with van der Waals surface area (Å²) in [5, 5.41) is 13.4. The largest absolute Gasteiger partial charge is 0.465 e. The molecule has 0 unspecified atom stereocenters. The Bertz CT molecular complexity index is 844. The quantitative estimate of drug-likeness (QED) is 0.226. The fourth-order valence-electron chi connectivity index (χ4n) is 3.54. The minimum absolute atomic E-state index is 0.429. The van der Waals surface area contributed by atoms with E-state index in [1.807, 2.05) is 0 Å². The molecule has 1 heterocycles. The van der Waals surface area contributed by atoms with Gasteiger partial charge in [-0.2, -0.15) is 0 Å². The molecule has 0 bridgehead atoms. The Morgan fingerprint density at radius 2 is 1.58 bits per heavy atom. The predicted octanol–water partition coefficient (Wildman–Crippen LogP) is -1.87. The first-order valence-electron chi connectivity index (χ1n) is 10.7. The van der Waals surface area contributed by atoms with E-state index < -0.39 is 91.6 Å². The molecule has 1 fully saturated rings. The number of carbonyl (C=O) groups excluding carboxylic acids is 6. The zero-order chi connectivity index (χ0) is 27.6. The lowest BCUT2D eigenvalue weighted by molar-refractivity contribution is -0.303. The van der Waals surface area contributed by atoms with Gasteiger partial charge in [0, 0.05) is 41.2 Å². The second kappa shape index (κ2) is 13.7. The highest BCUT2D eigenvalue weighted by molar-refractivity contribution is 5.79. The van der Waals surface area contributed by atoms with E-state index in [9.17, 15) is 33.9 Å². The Labute approximate surface area is 206 Å². The molecule has 1 aliphatic heterocycles. The van der Waals surface area contributed by atoms with Crippen LogP contribution >= 0.6 is 0 Å². The third kappa shape index (κ3) is 9.05. The third-order valence-electron chi connectivity index (χ3n) is 4.74. The Morgan fingerprint density at radius 1 is 0.972 bits per heavy atom. The molecule has 36 heavy (non-hydrogen) atoms. The van der Waals surface area contributed by atoms with Crippen LogP contribution in [0.2, 0.25) is 0 Å². The number of ether oxygens (including phenoxy) is 7. The van der Waals surface area contributed by atoms with Crippen LogP contribution in [0.4, 0.5) is 0 Å². The SMILES string of the molecule is COCC(=O)N[C@@H]1C[C@@](O)(C(=O)OC)O[C@@H]([C@H](OC(C)=O)[C@@H](COC(C)=O)OC(C)=O)[C@@H]1OC(C)=O. The summed E-state index contributed by atoms with van der Waals surface area (Å²) in [5.41, 5.74) is 0. The van der Waals surface area contributed by atoms with Crippen LogP contribution in [0.3, 0.4) is 0 Å². The highest BCUT2D eigenvalue weighted by atomic mass is 16.7. The molecule has 0 radical (unpaired) electrons. The summed E-state index contributed by atoms with van der Waals surface area (Å²) in [5.74, 6) is -8.19. The van der Waals surface area contributed by atoms with Gasteiger partial charge in [0.25, 0.3) is 5.79 Å². The Kier molecular flexibility index (Phi) is 11.7. The molecule has 1 saturated heterocycles. The Morgan fingerprint density at radius 3 is 2.06 bits per heavy atom. The van der Waals surface area contributed by atoms with Gasteiger partial charge < -0.3 is 43.6 Å². The maximum Gasteiger partial charge on any atom is 0.366 e. The molecule has 0 aliphatic carbocycles. The third-order valence-corrected chi connectivity index (χ3v) is 4.74. The molecule has 15 nitrogen and oxygen atoms in total. The van der Waals surface area contributed by atoms with Crippen LogP contribution in [0.15, 0.2) is 0 Å². The summed E-state index contributed by atoms with van der Waals surface area (Å²) in [6.45, 7) is 3.06. The molecule has 0 aromatic carbocycles. The summed E-state index contributed by atoms with van der Waals surface area (Å²) in [4.78, 5) is 71.8. The minimum Gasteiger partial charge on any atom is -0.465 e. The van der Waals surface area contributed by atoms with Crippen molar-refractivity contribution in [2.75, 3.05) is 27.4 Å². The smallest absolute Gasteiger partial charge is 0.366 e. The summed E-state index contributed by atoms with van der Waals surface area (Å²) in [7, 11) is 2.21. The van der Waals surface area contributed by atoms with Gasteiger partial charge in [0.2, 0.25) is 5.91 Å². The number of esters is 5. The monoisotopic (exact) mass is 521 g/mol. The van der Waals surface area contributed by atoms with Gasteiger partial charge in [0.15, 0.2) is 18.3 Å². The second-order valence-corrected chi connectivity index (χ2v) is 7.77. The van der Waals surface area contributed by atoms with Crippen molar-refractivity contribution in [3.63, 3.8) is 0 Å². The summed E-state index contributed by atoms with van der Waals surface area (Å²) < 4.78 is 35.6. The fraction of sp³-hybridized carbons (Fsp3) is 0.714. The van der Waals surface area contributed by atoms with Crippen molar-refractivity contribution in [3.05, 3.63) is 0 Å². The standard InChI is InChI=1S/C21H31NO14/c1-10(23)32-8-15(33-11(2)24)18(35-13(4)26)19-17(34-12(3)25)14(22-16(27)9-30-5)7-21(29,36-19)20(28)31-6/h14-15,17-19,29H,7-9H2,1-6H3,(H,22,27)/t14-,15-,17-,18-,19-,21+/m1/s1. The lowest BCUT2D eigenvalue weighted by atomic mass is 9.88.